The lowest BCUT2D eigenvalue weighted by molar-refractivity contribution is -0.138. The molecule has 0 radical (unpaired) electrons. The number of benzene rings is 2. The van der Waals surface area contributed by atoms with Gasteiger partial charge in [0.05, 0.1) is 22.5 Å². The predicted octanol–water partition coefficient (Wildman–Crippen LogP) is 5.98. The molecule has 1 unspecified atom stereocenters. The fourth-order valence-corrected chi connectivity index (χ4v) is 9.20. The highest BCUT2D eigenvalue weighted by atomic mass is 19.4. The van der Waals surface area contributed by atoms with E-state index < -0.39 is 17.6 Å². The first-order valence-corrected chi connectivity index (χ1v) is 20.6. The largest absolute Gasteiger partial charge is 0.416 e. The summed E-state index contributed by atoms with van der Waals surface area (Å²) in [6, 6.07) is 14.6. The van der Waals surface area contributed by atoms with Crippen LogP contribution in [0, 0.1) is 11.8 Å². The van der Waals surface area contributed by atoms with Crippen LogP contribution in [0.2, 0.25) is 0 Å². The Morgan fingerprint density at radius 3 is 2.31 bits per heavy atom. The van der Waals surface area contributed by atoms with E-state index in [1.165, 1.54) is 12.1 Å². The minimum absolute atomic E-state index is 0.0332. The number of carbonyl (C=O) groups is 3. The van der Waals surface area contributed by atoms with Crippen LogP contribution in [0.5, 0.6) is 0 Å². The molecule has 58 heavy (non-hydrogen) atoms. The average Bonchev–Trinajstić information content (AvgIpc) is 3.58. The number of piperidine rings is 2. The number of aromatic nitrogens is 3. The molecule has 308 valence electrons. The quantitative estimate of drug-likeness (QED) is 0.166. The third-order valence-corrected chi connectivity index (χ3v) is 12.6. The maximum atomic E-state index is 13.4. The van der Waals surface area contributed by atoms with Gasteiger partial charge in [0, 0.05) is 83.2 Å². The normalized spacial score (nSPS) is 23.0. The summed E-state index contributed by atoms with van der Waals surface area (Å²) in [5.74, 6) is 0.662. The number of nitrogens with one attached hydrogen (secondary N) is 2. The first-order valence-electron chi connectivity index (χ1n) is 20.6. The molecular formula is C43H51F3N8O4. The molecule has 1 atom stereocenters. The summed E-state index contributed by atoms with van der Waals surface area (Å²) in [7, 11) is 0. The minimum Gasteiger partial charge on any atom is -0.396 e. The first-order chi connectivity index (χ1) is 28.0. The van der Waals surface area contributed by atoms with Gasteiger partial charge in [0.2, 0.25) is 17.8 Å². The number of pyridine rings is 1. The molecule has 4 aliphatic rings. The van der Waals surface area contributed by atoms with Gasteiger partial charge in [-0.05, 0) is 104 Å². The Labute approximate surface area is 335 Å². The second-order valence-corrected chi connectivity index (χ2v) is 16.5. The molecule has 8 rings (SSSR count). The topological polar surface area (TPSA) is 136 Å². The average molecular weight is 801 g/mol. The number of aliphatic hydroxyl groups excluding tert-OH is 1. The highest BCUT2D eigenvalue weighted by Crippen LogP contribution is 2.37. The summed E-state index contributed by atoms with van der Waals surface area (Å²) in [4.78, 5) is 54.0. The Morgan fingerprint density at radius 2 is 1.62 bits per heavy atom. The molecule has 5 heterocycles. The van der Waals surface area contributed by atoms with Crippen LogP contribution in [-0.4, -0.2) is 99.6 Å². The molecule has 0 spiro atoms. The van der Waals surface area contributed by atoms with Crippen molar-refractivity contribution in [3.05, 3.63) is 83.0 Å². The molecule has 3 aliphatic heterocycles. The number of anilines is 2. The number of amides is 3. The highest BCUT2D eigenvalue weighted by Gasteiger charge is 2.32. The Balaban J connectivity index is 0.856. The van der Waals surface area contributed by atoms with Gasteiger partial charge in [-0.15, -0.1) is 0 Å². The van der Waals surface area contributed by atoms with E-state index in [-0.39, 0.29) is 41.9 Å². The highest BCUT2D eigenvalue weighted by molar-refractivity contribution is 6.04. The van der Waals surface area contributed by atoms with Crippen molar-refractivity contribution in [3.63, 3.8) is 0 Å². The summed E-state index contributed by atoms with van der Waals surface area (Å²) in [6.45, 7) is 7.72. The number of fused-ring (bicyclic) bond motifs is 1. The fourth-order valence-electron chi connectivity index (χ4n) is 9.20. The van der Waals surface area contributed by atoms with Crippen LogP contribution in [0.15, 0.2) is 60.8 Å². The third kappa shape index (κ3) is 9.06. The van der Waals surface area contributed by atoms with E-state index in [0.717, 1.165) is 131 Å². The van der Waals surface area contributed by atoms with Crippen molar-refractivity contribution in [2.75, 3.05) is 62.6 Å². The van der Waals surface area contributed by atoms with Crippen molar-refractivity contribution in [1.82, 2.24) is 29.7 Å². The number of halogens is 3. The van der Waals surface area contributed by atoms with E-state index in [4.69, 9.17) is 4.98 Å². The number of hydrogen-bond acceptors (Lipinski definition) is 9. The SMILES string of the molecule is O=C1CCC(c2ccc(N3CCC(CN4CCN(Cc5ccc6c(c5)nc(NC(=O)c5cccc(C(F)(F)F)c5)n6C5CCC(CO)CC5)CC4)CC3)nc2)C(=O)N1. The van der Waals surface area contributed by atoms with Crippen molar-refractivity contribution in [1.29, 1.82) is 0 Å². The maximum absolute atomic E-state index is 13.4. The van der Waals surface area contributed by atoms with Crippen molar-refractivity contribution in [2.45, 2.75) is 76.0 Å². The van der Waals surface area contributed by atoms with E-state index in [1.54, 1.807) is 6.20 Å². The molecule has 15 heteroatoms. The molecule has 0 bridgehead atoms. The van der Waals surface area contributed by atoms with Gasteiger partial charge in [-0.2, -0.15) is 13.2 Å². The summed E-state index contributed by atoms with van der Waals surface area (Å²) < 4.78 is 42.3. The van der Waals surface area contributed by atoms with Gasteiger partial charge in [0.25, 0.3) is 5.91 Å². The Kier molecular flexibility index (Phi) is 11.8. The van der Waals surface area contributed by atoms with E-state index in [0.29, 0.717) is 24.7 Å². The summed E-state index contributed by atoms with van der Waals surface area (Å²) in [5, 5.41) is 15.0. The standard InChI is InChI=1S/C43H51F3N8O4/c44-43(45,46)33-3-1-2-31(23-33)40(57)50-42-48-36-22-30(6-11-37(36)54(42)34-8-4-29(27-55)5-9-34)26-52-20-18-51(19-21-52)25-28-14-16-53(17-15-28)38-12-7-32(24-47-38)35-10-13-39(56)49-41(35)58/h1-3,6-7,11-12,22-24,28-29,34-35,55H,4-5,8-10,13-21,25-27H2,(H,48,50,57)(H,49,56,58). The zero-order chi connectivity index (χ0) is 40.4. The molecule has 2 aromatic heterocycles. The molecule has 1 saturated carbocycles. The van der Waals surface area contributed by atoms with Gasteiger partial charge in [-0.3, -0.25) is 29.9 Å². The monoisotopic (exact) mass is 800 g/mol. The summed E-state index contributed by atoms with van der Waals surface area (Å²) >= 11 is 0. The Bertz CT molecular complexity index is 2100. The Hall–Kier alpha value is -4.86. The zero-order valence-corrected chi connectivity index (χ0v) is 32.6. The smallest absolute Gasteiger partial charge is 0.396 e. The van der Waals surface area contributed by atoms with Crippen molar-refractivity contribution >= 4 is 40.5 Å². The van der Waals surface area contributed by atoms with Gasteiger partial charge in [-0.1, -0.05) is 18.2 Å². The Morgan fingerprint density at radius 1 is 0.862 bits per heavy atom. The third-order valence-electron chi connectivity index (χ3n) is 12.6. The van der Waals surface area contributed by atoms with Gasteiger partial charge in [0.15, 0.2) is 0 Å². The molecular weight excluding hydrogens is 750 g/mol. The van der Waals surface area contributed by atoms with Crippen LogP contribution in [0.3, 0.4) is 0 Å². The number of hydrogen-bond donors (Lipinski definition) is 3. The van der Waals surface area contributed by atoms with E-state index in [2.05, 4.69) is 42.5 Å². The molecule has 2 aromatic carbocycles. The second-order valence-electron chi connectivity index (χ2n) is 16.5. The molecule has 1 aliphatic carbocycles. The predicted molar refractivity (Wildman–Crippen MR) is 213 cm³/mol. The lowest BCUT2D eigenvalue weighted by Gasteiger charge is -2.39. The maximum Gasteiger partial charge on any atom is 0.416 e. The number of nitrogens with zero attached hydrogens (tertiary/aromatic N) is 6. The lowest BCUT2D eigenvalue weighted by atomic mass is 9.86. The van der Waals surface area contributed by atoms with E-state index in [1.807, 2.05) is 22.8 Å². The number of carbonyl (C=O) groups excluding carboxylic acids is 3. The second kappa shape index (κ2) is 17.2. The minimum atomic E-state index is -4.56. The number of aliphatic hydroxyl groups is 1. The van der Waals surface area contributed by atoms with E-state index in [9.17, 15) is 32.7 Å². The van der Waals surface area contributed by atoms with Crippen LogP contribution < -0.4 is 15.5 Å². The fraction of sp³-hybridized carbons (Fsp3) is 0.512. The molecule has 4 aromatic rings. The van der Waals surface area contributed by atoms with Gasteiger partial charge in [-0.25, -0.2) is 9.97 Å². The van der Waals surface area contributed by atoms with Gasteiger partial charge >= 0.3 is 6.18 Å². The van der Waals surface area contributed by atoms with E-state index >= 15 is 0 Å². The number of piperazine rings is 1. The first kappa shape index (κ1) is 39.9. The summed E-state index contributed by atoms with van der Waals surface area (Å²) in [6.07, 6.45) is 3.55. The van der Waals surface area contributed by atoms with Crippen LogP contribution in [0.1, 0.15) is 90.4 Å². The van der Waals surface area contributed by atoms with Gasteiger partial charge in [0.1, 0.15) is 5.82 Å². The molecule has 12 nitrogen and oxygen atoms in total. The molecule has 3 N–H and O–H groups in total. The van der Waals surface area contributed by atoms with Crippen molar-refractivity contribution in [2.24, 2.45) is 11.8 Å². The van der Waals surface area contributed by atoms with Crippen molar-refractivity contribution < 1.29 is 32.7 Å². The number of rotatable bonds is 10. The van der Waals surface area contributed by atoms with Gasteiger partial charge < -0.3 is 19.5 Å². The molecule has 3 saturated heterocycles. The summed E-state index contributed by atoms with van der Waals surface area (Å²) in [5.41, 5.74) is 2.58. The number of imide groups is 1. The van der Waals surface area contributed by atoms with Crippen LogP contribution in [0.25, 0.3) is 11.0 Å². The van der Waals surface area contributed by atoms with Crippen LogP contribution >= 0.6 is 0 Å². The van der Waals surface area contributed by atoms with Crippen molar-refractivity contribution in [3.8, 4) is 0 Å². The number of imidazole rings is 1. The molecule has 4 fully saturated rings. The van der Waals surface area contributed by atoms with Crippen LogP contribution in [-0.2, 0) is 22.3 Å². The zero-order valence-electron chi connectivity index (χ0n) is 32.6. The lowest BCUT2D eigenvalue weighted by Crippen LogP contribution is -2.48. The molecule has 3 amide bonds. The number of alkyl halides is 3. The van der Waals surface area contributed by atoms with Crippen LogP contribution in [0.4, 0.5) is 24.9 Å².